The van der Waals surface area contributed by atoms with E-state index in [1.807, 2.05) is 25.7 Å². The fraction of sp³-hybridized carbons (Fsp3) is 0.684. The topological polar surface area (TPSA) is 115 Å². The number of piperidine rings is 1. The number of anilines is 1. The molecule has 2 aliphatic rings. The maximum absolute atomic E-state index is 15.4. The summed E-state index contributed by atoms with van der Waals surface area (Å²) < 4.78 is 36.5. The highest BCUT2D eigenvalue weighted by Crippen LogP contribution is 2.47. The van der Waals surface area contributed by atoms with Crippen molar-refractivity contribution < 1.29 is 28.5 Å². The van der Waals surface area contributed by atoms with Crippen LogP contribution in [0.2, 0.25) is 51.4 Å². The summed E-state index contributed by atoms with van der Waals surface area (Å²) >= 11 is 4.00. The van der Waals surface area contributed by atoms with Gasteiger partial charge in [0.25, 0.3) is 0 Å². The number of fused-ring (bicyclic) bond motifs is 3. The van der Waals surface area contributed by atoms with Crippen LogP contribution in [0.3, 0.4) is 0 Å². The van der Waals surface area contributed by atoms with Crippen LogP contribution in [-0.2, 0) is 19.8 Å². The average Bonchev–Trinajstić information content (AvgIpc) is 3.55. The van der Waals surface area contributed by atoms with Crippen LogP contribution in [0.1, 0.15) is 77.6 Å². The molecular formula is C38H60BrFN6O5Si2. The van der Waals surface area contributed by atoms with Crippen molar-refractivity contribution in [1.29, 1.82) is 0 Å². The molecular weight excluding hydrogens is 776 g/mol. The summed E-state index contributed by atoms with van der Waals surface area (Å²) in [7, 11) is -2.66. The number of carbonyl (C=O) groups excluding carboxylic acids is 1. The summed E-state index contributed by atoms with van der Waals surface area (Å²) in [5.74, 6) is 0.161. The smallest absolute Gasteiger partial charge is 0.410 e. The van der Waals surface area contributed by atoms with Gasteiger partial charge in [0.05, 0.1) is 16.4 Å². The second-order valence-corrected chi connectivity index (χ2v) is 30.8. The van der Waals surface area contributed by atoms with E-state index in [4.69, 9.17) is 24.3 Å². The number of amides is 1. The molecule has 5 rings (SSSR count). The third kappa shape index (κ3) is 10.5. The van der Waals surface area contributed by atoms with Crippen molar-refractivity contribution in [1.82, 2.24) is 24.5 Å². The third-order valence-electron chi connectivity index (χ3n) is 9.83. The van der Waals surface area contributed by atoms with Crippen molar-refractivity contribution in [3.05, 3.63) is 40.1 Å². The Morgan fingerprint density at radius 2 is 1.55 bits per heavy atom. The van der Waals surface area contributed by atoms with E-state index < -0.39 is 33.2 Å². The zero-order chi connectivity index (χ0) is 39.1. The molecule has 0 spiro atoms. The number of nitrogens with zero attached hydrogens (tertiary/aromatic N) is 6. The Morgan fingerprint density at radius 3 is 2.04 bits per heavy atom. The van der Waals surface area contributed by atoms with Crippen LogP contribution in [0.5, 0.6) is 0 Å². The third-order valence-corrected chi connectivity index (χ3v) is 14.0. The van der Waals surface area contributed by atoms with Crippen LogP contribution in [0.15, 0.2) is 22.9 Å². The zero-order valence-corrected chi connectivity index (χ0v) is 37.1. The highest BCUT2D eigenvalue weighted by atomic mass is 79.9. The van der Waals surface area contributed by atoms with Crippen LogP contribution < -0.4 is 4.90 Å². The molecule has 0 aromatic carbocycles. The Kier molecular flexibility index (Phi) is 12.6. The van der Waals surface area contributed by atoms with E-state index in [0.717, 1.165) is 53.8 Å². The van der Waals surface area contributed by atoms with Gasteiger partial charge in [-0.25, -0.2) is 14.2 Å². The Balaban J connectivity index is 1.59. The molecule has 0 saturated carbocycles. The van der Waals surface area contributed by atoms with Gasteiger partial charge in [-0.1, -0.05) is 39.3 Å². The Morgan fingerprint density at radius 1 is 0.981 bits per heavy atom. The first-order chi connectivity index (χ1) is 24.5. The molecule has 294 valence electrons. The molecule has 2 atom stereocenters. The van der Waals surface area contributed by atoms with Crippen molar-refractivity contribution in [2.45, 2.75) is 141 Å². The zero-order valence-electron chi connectivity index (χ0n) is 33.6. The lowest BCUT2D eigenvalue weighted by atomic mass is 9.88. The van der Waals surface area contributed by atoms with Crippen molar-refractivity contribution >= 4 is 49.6 Å². The first kappa shape index (κ1) is 41.7. The fourth-order valence-corrected chi connectivity index (χ4v) is 9.38. The normalized spacial score (nSPS) is 19.7. The summed E-state index contributed by atoms with van der Waals surface area (Å²) in [5, 5.41) is 15.3. The van der Waals surface area contributed by atoms with Crippen LogP contribution in [0.4, 0.5) is 15.0 Å². The summed E-state index contributed by atoms with van der Waals surface area (Å²) in [6.45, 7) is 24.6. The molecule has 2 fully saturated rings. The van der Waals surface area contributed by atoms with Gasteiger partial charge in [-0.2, -0.15) is 9.61 Å². The Bertz CT molecular complexity index is 1730. The minimum Gasteiger partial charge on any atom is -0.444 e. The van der Waals surface area contributed by atoms with Crippen molar-refractivity contribution in [3.63, 3.8) is 0 Å². The molecule has 3 aromatic heterocycles. The Hall–Kier alpha value is -2.44. The Labute approximate surface area is 325 Å². The number of pyridine rings is 1. The van der Waals surface area contributed by atoms with Gasteiger partial charge >= 0.3 is 6.09 Å². The second-order valence-electron chi connectivity index (χ2n) is 18.7. The molecule has 1 amide bonds. The minimum absolute atomic E-state index is 0.0286. The fourth-order valence-electron chi connectivity index (χ4n) is 7.04. The van der Waals surface area contributed by atoms with Crippen molar-refractivity contribution in [2.24, 2.45) is 0 Å². The van der Waals surface area contributed by atoms with Gasteiger partial charge in [0.15, 0.2) is 11.5 Å². The van der Waals surface area contributed by atoms with Gasteiger partial charge in [-0.3, -0.25) is 4.98 Å². The largest absolute Gasteiger partial charge is 0.444 e. The van der Waals surface area contributed by atoms with Gasteiger partial charge in [0.2, 0.25) is 0 Å². The summed E-state index contributed by atoms with van der Waals surface area (Å²) in [6, 6.07) is 3.51. The molecule has 11 nitrogen and oxygen atoms in total. The molecule has 2 saturated heterocycles. The number of aliphatic hydroxyl groups is 1. The first-order valence-corrected chi connectivity index (χ1v) is 27.1. The number of aromatic nitrogens is 4. The maximum atomic E-state index is 15.4. The van der Waals surface area contributed by atoms with Crippen molar-refractivity contribution in [2.75, 3.05) is 31.6 Å². The molecule has 0 radical (unpaired) electrons. The van der Waals surface area contributed by atoms with E-state index in [1.54, 1.807) is 16.9 Å². The van der Waals surface area contributed by atoms with Crippen LogP contribution in [0, 0.1) is 5.82 Å². The molecule has 2 unspecified atom stereocenters. The standard InChI is InChI=1S/C38H60BrFN6O5Si2/c1-37(2,3)51-36(47)45-27-12-13-28(45)19-25(18-27)32-31(39)35(44(23-49-14-16-52(6,7)8)24-50-15-17-53(9,10)11)46-34(43-32)29(22-42-46)26-20-30(40)33(41-21-26)38(4,5)48/h20-22,25,27-28,48H,12-19,23-24H2,1-11H3. The average molecular weight is 836 g/mol. The molecule has 53 heavy (non-hydrogen) atoms. The quantitative estimate of drug-likeness (QED) is 0.0966. The maximum Gasteiger partial charge on any atom is 0.410 e. The number of carbonyl (C=O) groups is 1. The summed E-state index contributed by atoms with van der Waals surface area (Å²) in [5.41, 5.74) is 0.472. The van der Waals surface area contributed by atoms with Gasteiger partial charge in [0.1, 0.15) is 36.2 Å². The highest BCUT2D eigenvalue weighted by molar-refractivity contribution is 9.10. The van der Waals surface area contributed by atoms with E-state index in [-0.39, 0.29) is 43.3 Å². The minimum atomic E-state index is -1.44. The molecule has 15 heteroatoms. The summed E-state index contributed by atoms with van der Waals surface area (Å²) in [4.78, 5) is 27.0. The predicted molar refractivity (Wildman–Crippen MR) is 216 cm³/mol. The second kappa shape index (κ2) is 16.0. The van der Waals surface area contributed by atoms with Gasteiger partial charge in [0, 0.05) is 64.7 Å². The molecule has 2 aliphatic heterocycles. The molecule has 2 bridgehead atoms. The van der Waals surface area contributed by atoms with E-state index in [1.165, 1.54) is 19.9 Å². The first-order valence-electron chi connectivity index (χ1n) is 18.9. The lowest BCUT2D eigenvalue weighted by molar-refractivity contribution is 0.00565. The van der Waals surface area contributed by atoms with E-state index in [2.05, 4.69) is 65.1 Å². The van der Waals surface area contributed by atoms with Crippen LogP contribution in [-0.4, -0.2) is 96.2 Å². The van der Waals surface area contributed by atoms with Crippen LogP contribution >= 0.6 is 15.9 Å². The van der Waals surface area contributed by atoms with Gasteiger partial charge in [-0.05, 0) is 94.4 Å². The summed E-state index contributed by atoms with van der Waals surface area (Å²) in [6.07, 6.45) is 6.27. The molecule has 0 aliphatic carbocycles. The number of hydrogen-bond acceptors (Lipinski definition) is 9. The number of rotatable bonds is 14. The van der Waals surface area contributed by atoms with Crippen LogP contribution in [0.25, 0.3) is 16.8 Å². The van der Waals surface area contributed by atoms with Crippen molar-refractivity contribution in [3.8, 4) is 11.1 Å². The van der Waals surface area contributed by atoms with E-state index >= 15 is 4.39 Å². The molecule has 1 N–H and O–H groups in total. The molecule has 5 heterocycles. The number of ether oxygens (including phenoxy) is 3. The van der Waals surface area contributed by atoms with E-state index in [0.29, 0.717) is 30.0 Å². The SMILES string of the molecule is CC(C)(C)OC(=O)N1C2CCC1CC(c1nc3c(-c4cnc(C(C)(C)O)c(F)c4)cnn3c(N(COCC[Si](C)(C)C)COCC[Si](C)(C)C)c1Br)C2. The van der Waals surface area contributed by atoms with E-state index in [9.17, 15) is 9.90 Å². The number of halogens is 2. The lowest BCUT2D eigenvalue weighted by Gasteiger charge is -2.39. The molecule has 3 aromatic rings. The van der Waals surface area contributed by atoms with Gasteiger partial charge < -0.3 is 29.1 Å². The predicted octanol–water partition coefficient (Wildman–Crippen LogP) is 9.00. The van der Waals surface area contributed by atoms with Gasteiger partial charge in [-0.15, -0.1) is 0 Å². The number of hydrogen-bond donors (Lipinski definition) is 1. The lowest BCUT2D eigenvalue weighted by Crippen LogP contribution is -2.48. The highest BCUT2D eigenvalue weighted by Gasteiger charge is 2.46. The monoisotopic (exact) mass is 834 g/mol.